The normalized spacial score (nSPS) is 18.6. The van der Waals surface area contributed by atoms with E-state index in [2.05, 4.69) is 24.6 Å². The van der Waals surface area contributed by atoms with Gasteiger partial charge in [-0.2, -0.15) is 13.2 Å². The van der Waals surface area contributed by atoms with Crippen molar-refractivity contribution in [3.63, 3.8) is 0 Å². The van der Waals surface area contributed by atoms with Crippen molar-refractivity contribution in [3.8, 4) is 22.7 Å². The number of aliphatic hydroxyl groups excluding tert-OH is 1. The van der Waals surface area contributed by atoms with E-state index in [1.807, 2.05) is 43.3 Å². The van der Waals surface area contributed by atoms with Gasteiger partial charge in [0.25, 0.3) is 0 Å². The average Bonchev–Trinajstić information content (AvgIpc) is 3.32. The summed E-state index contributed by atoms with van der Waals surface area (Å²) in [6.07, 6.45) is -0.313. The van der Waals surface area contributed by atoms with Gasteiger partial charge < -0.3 is 14.8 Å². The smallest absolute Gasteiger partial charge is 0.417 e. The summed E-state index contributed by atoms with van der Waals surface area (Å²) in [5.41, 5.74) is 1.89. The predicted molar refractivity (Wildman–Crippen MR) is 135 cm³/mol. The fourth-order valence-electron chi connectivity index (χ4n) is 4.05. The maximum absolute atomic E-state index is 12.7. The Kier molecular flexibility index (Phi) is 7.18. The first-order valence-corrected chi connectivity index (χ1v) is 12.4. The van der Waals surface area contributed by atoms with Crippen molar-refractivity contribution in [2.75, 3.05) is 18.4 Å². The van der Waals surface area contributed by atoms with Crippen molar-refractivity contribution in [2.24, 2.45) is 0 Å². The van der Waals surface area contributed by atoms with Gasteiger partial charge in [0, 0.05) is 30.4 Å². The SMILES string of the molecule is Cc1cnc(-c2cc(-c3ccc(SN4CCC(Nc5ccc(C(F)(F)F)cn5)C(O)C4)cc3)ccn2)o1. The van der Waals surface area contributed by atoms with Crippen LogP contribution in [-0.2, 0) is 6.18 Å². The molecule has 0 saturated carbocycles. The minimum absolute atomic E-state index is 0.295. The number of oxazole rings is 1. The summed E-state index contributed by atoms with van der Waals surface area (Å²) < 4.78 is 45.9. The van der Waals surface area contributed by atoms with Crippen molar-refractivity contribution in [1.82, 2.24) is 19.3 Å². The number of piperidine rings is 1. The predicted octanol–water partition coefficient (Wildman–Crippen LogP) is 5.68. The molecule has 11 heteroatoms. The number of hydrogen-bond donors (Lipinski definition) is 2. The third-order valence-corrected chi connectivity index (χ3v) is 7.06. The lowest BCUT2D eigenvalue weighted by molar-refractivity contribution is -0.137. The number of halogens is 3. The number of hydrogen-bond acceptors (Lipinski definition) is 8. The number of rotatable bonds is 6. The lowest BCUT2D eigenvalue weighted by atomic mass is 10.0. The van der Waals surface area contributed by atoms with Crippen molar-refractivity contribution < 1.29 is 22.7 Å². The molecule has 1 aliphatic heterocycles. The highest BCUT2D eigenvalue weighted by Crippen LogP contribution is 2.32. The molecule has 0 aliphatic carbocycles. The molecule has 7 nitrogen and oxygen atoms in total. The molecule has 2 N–H and O–H groups in total. The Bertz CT molecular complexity index is 1350. The van der Waals surface area contributed by atoms with E-state index in [9.17, 15) is 18.3 Å². The molecule has 1 saturated heterocycles. The summed E-state index contributed by atoms with van der Waals surface area (Å²) in [5, 5.41) is 13.7. The molecule has 4 heterocycles. The highest BCUT2D eigenvalue weighted by molar-refractivity contribution is 7.97. The summed E-state index contributed by atoms with van der Waals surface area (Å²) in [6.45, 7) is 2.95. The molecular weight excluding hydrogens is 503 g/mol. The lowest BCUT2D eigenvalue weighted by Gasteiger charge is -2.35. The Morgan fingerprint density at radius 3 is 2.49 bits per heavy atom. The second kappa shape index (κ2) is 10.5. The third kappa shape index (κ3) is 6.12. The van der Waals surface area contributed by atoms with Gasteiger partial charge in [0.2, 0.25) is 5.89 Å². The number of aliphatic hydroxyl groups is 1. The maximum atomic E-state index is 12.7. The van der Waals surface area contributed by atoms with E-state index in [0.29, 0.717) is 36.9 Å². The quantitative estimate of drug-likeness (QED) is 0.310. The molecule has 1 aliphatic rings. The minimum atomic E-state index is -4.43. The van der Waals surface area contributed by atoms with E-state index in [1.165, 1.54) is 6.07 Å². The number of alkyl halides is 3. The zero-order valence-electron chi connectivity index (χ0n) is 19.8. The summed E-state index contributed by atoms with van der Waals surface area (Å²) in [7, 11) is 0. The van der Waals surface area contributed by atoms with E-state index in [-0.39, 0.29) is 6.04 Å². The van der Waals surface area contributed by atoms with Crippen LogP contribution in [-0.4, -0.2) is 49.6 Å². The van der Waals surface area contributed by atoms with Crippen LogP contribution in [0.5, 0.6) is 0 Å². The molecule has 2 unspecified atom stereocenters. The highest BCUT2D eigenvalue weighted by Gasteiger charge is 2.31. The summed E-state index contributed by atoms with van der Waals surface area (Å²) in [6, 6.07) is 14.0. The Morgan fingerprint density at radius 1 is 1.03 bits per heavy atom. The van der Waals surface area contributed by atoms with Gasteiger partial charge in [0.05, 0.1) is 23.9 Å². The van der Waals surface area contributed by atoms with Crippen LogP contribution < -0.4 is 5.32 Å². The maximum Gasteiger partial charge on any atom is 0.417 e. The fourth-order valence-corrected chi connectivity index (χ4v) is 5.03. The van der Waals surface area contributed by atoms with Crippen LogP contribution in [0, 0.1) is 6.92 Å². The monoisotopic (exact) mass is 527 g/mol. The first kappa shape index (κ1) is 25.2. The van der Waals surface area contributed by atoms with Gasteiger partial charge in [-0.15, -0.1) is 0 Å². The molecule has 0 amide bonds. The molecule has 0 bridgehead atoms. The van der Waals surface area contributed by atoms with Gasteiger partial charge in [-0.3, -0.25) is 4.98 Å². The van der Waals surface area contributed by atoms with E-state index < -0.39 is 17.8 Å². The van der Waals surface area contributed by atoms with Crippen molar-refractivity contribution in [1.29, 1.82) is 0 Å². The van der Waals surface area contributed by atoms with Crippen molar-refractivity contribution in [2.45, 2.75) is 36.6 Å². The van der Waals surface area contributed by atoms with Gasteiger partial charge in [-0.1, -0.05) is 12.1 Å². The average molecular weight is 528 g/mol. The molecule has 0 spiro atoms. The summed E-state index contributed by atoms with van der Waals surface area (Å²) in [4.78, 5) is 13.5. The van der Waals surface area contributed by atoms with Crippen LogP contribution in [0.2, 0.25) is 0 Å². The first-order valence-electron chi connectivity index (χ1n) is 11.6. The van der Waals surface area contributed by atoms with E-state index in [0.717, 1.165) is 34.0 Å². The van der Waals surface area contributed by atoms with Gasteiger partial charge in [0.1, 0.15) is 17.3 Å². The molecule has 5 rings (SSSR count). The standard InChI is InChI=1S/C26H24F3N5O2S/c1-16-13-32-25(36-16)22-12-18(8-10-30-22)17-2-5-20(6-3-17)37-34-11-9-21(23(35)15-34)33-24-7-4-19(14-31-24)26(27,28)29/h2-8,10,12-14,21,23,35H,9,11,15H2,1H3,(H,31,33). The van der Waals surface area contributed by atoms with Crippen LogP contribution >= 0.6 is 11.9 Å². The molecule has 1 aromatic carbocycles. The van der Waals surface area contributed by atoms with Crippen LogP contribution in [0.4, 0.5) is 19.0 Å². The van der Waals surface area contributed by atoms with Crippen molar-refractivity contribution >= 4 is 17.8 Å². The fraction of sp³-hybridized carbons (Fsp3) is 0.269. The minimum Gasteiger partial charge on any atom is -0.440 e. The van der Waals surface area contributed by atoms with Crippen LogP contribution in [0.25, 0.3) is 22.7 Å². The zero-order chi connectivity index (χ0) is 26.0. The number of nitrogens with zero attached hydrogens (tertiary/aromatic N) is 4. The first-order chi connectivity index (χ1) is 17.7. The second-order valence-electron chi connectivity index (χ2n) is 8.75. The Labute approximate surface area is 215 Å². The topological polar surface area (TPSA) is 87.3 Å². The van der Waals surface area contributed by atoms with Gasteiger partial charge in [-0.25, -0.2) is 14.3 Å². The molecule has 2 atom stereocenters. The largest absolute Gasteiger partial charge is 0.440 e. The third-order valence-electron chi connectivity index (χ3n) is 5.99. The highest BCUT2D eigenvalue weighted by atomic mass is 32.2. The molecule has 192 valence electrons. The molecular formula is C26H24F3N5O2S. The Hall–Kier alpha value is -3.41. The molecule has 1 fully saturated rings. The van der Waals surface area contributed by atoms with E-state index >= 15 is 0 Å². The molecule has 4 aromatic rings. The number of pyridine rings is 2. The van der Waals surface area contributed by atoms with E-state index in [1.54, 1.807) is 24.3 Å². The van der Waals surface area contributed by atoms with Crippen LogP contribution in [0.3, 0.4) is 0 Å². The Balaban J connectivity index is 1.17. The molecule has 0 radical (unpaired) electrons. The molecule has 37 heavy (non-hydrogen) atoms. The number of β-amino-alcohol motifs (C(OH)–C–C–N with tert-alkyl or cyclic N) is 1. The number of anilines is 1. The molecule has 3 aromatic heterocycles. The zero-order valence-corrected chi connectivity index (χ0v) is 20.6. The van der Waals surface area contributed by atoms with Crippen LogP contribution in [0.1, 0.15) is 17.7 Å². The van der Waals surface area contributed by atoms with Gasteiger partial charge in [0.15, 0.2) is 0 Å². The number of benzene rings is 1. The lowest BCUT2D eigenvalue weighted by Crippen LogP contribution is -2.47. The summed E-state index contributed by atoms with van der Waals surface area (Å²) >= 11 is 1.56. The summed E-state index contributed by atoms with van der Waals surface area (Å²) in [5.74, 6) is 1.52. The van der Waals surface area contributed by atoms with Crippen LogP contribution in [0.15, 0.2) is 76.4 Å². The number of nitrogens with one attached hydrogen (secondary N) is 1. The van der Waals surface area contributed by atoms with Gasteiger partial charge >= 0.3 is 6.18 Å². The second-order valence-corrected chi connectivity index (χ2v) is 9.92. The number of aromatic nitrogens is 3. The van der Waals surface area contributed by atoms with Crippen molar-refractivity contribution in [3.05, 3.63) is 78.4 Å². The Morgan fingerprint density at radius 2 is 1.84 bits per heavy atom. The van der Waals surface area contributed by atoms with Gasteiger partial charge in [-0.05, 0) is 72.8 Å². The van der Waals surface area contributed by atoms with E-state index in [4.69, 9.17) is 4.42 Å². The number of aryl methyl sites for hydroxylation is 1.